The molecule has 0 fully saturated rings. The van der Waals surface area contributed by atoms with E-state index in [9.17, 15) is 9.18 Å². The third-order valence-corrected chi connectivity index (χ3v) is 7.98. The van der Waals surface area contributed by atoms with Gasteiger partial charge in [-0.2, -0.15) is 5.10 Å². The highest BCUT2D eigenvalue weighted by Crippen LogP contribution is 2.37. The minimum atomic E-state index is -0.519. The second kappa shape index (κ2) is 9.32. The van der Waals surface area contributed by atoms with Crippen molar-refractivity contribution in [1.29, 1.82) is 0 Å². The Labute approximate surface area is 227 Å². The van der Waals surface area contributed by atoms with Gasteiger partial charge in [-0.15, -0.1) is 11.3 Å². The number of hydrogen-bond donors (Lipinski definition) is 1. The summed E-state index contributed by atoms with van der Waals surface area (Å²) in [6.07, 6.45) is 1.38. The number of aryl methyl sites for hydroxylation is 2. The molecule has 39 heavy (non-hydrogen) atoms. The highest BCUT2D eigenvalue weighted by Gasteiger charge is 2.26. The molecule has 4 heterocycles. The van der Waals surface area contributed by atoms with Gasteiger partial charge in [0.15, 0.2) is 17.2 Å². The molecule has 0 aliphatic carbocycles. The van der Waals surface area contributed by atoms with Crippen LogP contribution >= 0.6 is 11.3 Å². The van der Waals surface area contributed by atoms with Gasteiger partial charge in [-0.05, 0) is 56.2 Å². The minimum Gasteiger partial charge on any atom is -0.494 e. The van der Waals surface area contributed by atoms with Crippen molar-refractivity contribution in [3.63, 3.8) is 0 Å². The molecule has 0 aliphatic rings. The predicted octanol–water partition coefficient (Wildman–Crippen LogP) is 5.79. The summed E-state index contributed by atoms with van der Waals surface area (Å²) in [7, 11) is 1.41. The molecule has 2 N–H and O–H groups in total. The number of methoxy groups -OCH3 is 1. The standard InChI is InChI=1S/C29H25FN6O2S/c1-15-6-5-7-18(10-15)24-20(12-23-35(29(24)37)16(2)13-39-23)17(3)36-28-25(27(31)32-14-33-28)26(34-36)19-8-9-22(38-4)21(30)11-19/h5-14,17H,1-4H3,(H2,31,32,33)/t17-/m0/s1. The third kappa shape index (κ3) is 3.95. The lowest BCUT2D eigenvalue weighted by Gasteiger charge is -2.18. The monoisotopic (exact) mass is 540 g/mol. The number of anilines is 1. The topological polar surface area (TPSA) is 100 Å². The van der Waals surface area contributed by atoms with Gasteiger partial charge in [-0.1, -0.05) is 29.8 Å². The van der Waals surface area contributed by atoms with Gasteiger partial charge < -0.3 is 10.5 Å². The molecule has 0 radical (unpaired) electrons. The SMILES string of the molecule is COc1ccc(-c2nn([C@@H](C)c3cc4scc(C)n4c(=O)c3-c3cccc(C)c3)c3ncnc(N)c23)cc1F. The van der Waals surface area contributed by atoms with Crippen LogP contribution in [-0.2, 0) is 0 Å². The molecule has 4 aromatic heterocycles. The van der Waals surface area contributed by atoms with Crippen molar-refractivity contribution in [2.24, 2.45) is 0 Å². The van der Waals surface area contributed by atoms with Crippen LogP contribution in [0.3, 0.4) is 0 Å². The van der Waals surface area contributed by atoms with Crippen LogP contribution in [0, 0.1) is 19.7 Å². The molecule has 0 aliphatic heterocycles. The van der Waals surface area contributed by atoms with Gasteiger partial charge in [-0.3, -0.25) is 9.20 Å². The number of benzene rings is 2. The fraction of sp³-hybridized carbons (Fsp3) is 0.172. The quantitative estimate of drug-likeness (QED) is 0.297. The van der Waals surface area contributed by atoms with Crippen molar-refractivity contribution in [1.82, 2.24) is 24.1 Å². The lowest BCUT2D eigenvalue weighted by molar-refractivity contribution is 0.386. The summed E-state index contributed by atoms with van der Waals surface area (Å²) >= 11 is 1.51. The van der Waals surface area contributed by atoms with E-state index in [2.05, 4.69) is 9.97 Å². The summed E-state index contributed by atoms with van der Waals surface area (Å²) < 4.78 is 23.2. The number of hydrogen-bond acceptors (Lipinski definition) is 7. The maximum absolute atomic E-state index is 14.7. The normalized spacial score (nSPS) is 12.3. The molecule has 2 aromatic carbocycles. The van der Waals surface area contributed by atoms with Crippen molar-refractivity contribution in [3.8, 4) is 28.1 Å². The van der Waals surface area contributed by atoms with Gasteiger partial charge in [0.1, 0.15) is 22.7 Å². The Balaban J connectivity index is 1.63. The number of nitrogens with two attached hydrogens (primary N) is 1. The largest absolute Gasteiger partial charge is 0.494 e. The van der Waals surface area contributed by atoms with E-state index in [1.54, 1.807) is 21.2 Å². The van der Waals surface area contributed by atoms with E-state index in [4.69, 9.17) is 15.6 Å². The Morgan fingerprint density at radius 2 is 1.90 bits per heavy atom. The first-order valence-corrected chi connectivity index (χ1v) is 13.2. The van der Waals surface area contributed by atoms with Gasteiger partial charge in [-0.25, -0.2) is 19.0 Å². The molecule has 6 aromatic rings. The van der Waals surface area contributed by atoms with Gasteiger partial charge in [0.25, 0.3) is 5.56 Å². The van der Waals surface area contributed by atoms with Crippen molar-refractivity contribution in [2.75, 3.05) is 12.8 Å². The highest BCUT2D eigenvalue weighted by molar-refractivity contribution is 7.15. The van der Waals surface area contributed by atoms with Crippen LogP contribution < -0.4 is 16.0 Å². The number of fused-ring (bicyclic) bond motifs is 2. The van der Waals surface area contributed by atoms with E-state index < -0.39 is 11.9 Å². The molecule has 0 unspecified atom stereocenters. The zero-order valence-electron chi connectivity index (χ0n) is 21.8. The van der Waals surface area contributed by atoms with E-state index in [0.717, 1.165) is 27.2 Å². The number of nitrogens with zero attached hydrogens (tertiary/aromatic N) is 5. The summed E-state index contributed by atoms with van der Waals surface area (Å²) in [4.78, 5) is 23.5. The number of aromatic nitrogens is 5. The summed E-state index contributed by atoms with van der Waals surface area (Å²) in [5.74, 6) is -0.162. The lowest BCUT2D eigenvalue weighted by atomic mass is 9.96. The predicted molar refractivity (Wildman–Crippen MR) is 152 cm³/mol. The number of rotatable bonds is 5. The van der Waals surface area contributed by atoms with Crippen molar-refractivity contribution in [3.05, 3.63) is 93.2 Å². The Morgan fingerprint density at radius 1 is 1.08 bits per heavy atom. The summed E-state index contributed by atoms with van der Waals surface area (Å²) in [5.41, 5.74) is 11.8. The number of halogens is 1. The molecule has 6 rings (SSSR count). The molecule has 10 heteroatoms. The van der Waals surface area contributed by atoms with Gasteiger partial charge >= 0.3 is 0 Å². The highest BCUT2D eigenvalue weighted by atomic mass is 32.1. The van der Waals surface area contributed by atoms with E-state index in [1.165, 1.54) is 30.8 Å². The average molecular weight is 541 g/mol. The third-order valence-electron chi connectivity index (χ3n) is 6.97. The Hall–Kier alpha value is -4.57. The summed E-state index contributed by atoms with van der Waals surface area (Å²) in [6.45, 7) is 5.89. The van der Waals surface area contributed by atoms with Crippen LogP contribution in [0.25, 0.3) is 38.2 Å². The summed E-state index contributed by atoms with van der Waals surface area (Å²) in [5, 5.41) is 7.36. The van der Waals surface area contributed by atoms with Crippen LogP contribution in [0.2, 0.25) is 0 Å². The molecule has 0 amide bonds. The second-order valence-electron chi connectivity index (χ2n) is 9.48. The minimum absolute atomic E-state index is 0.0956. The fourth-order valence-electron chi connectivity index (χ4n) is 5.06. The van der Waals surface area contributed by atoms with Crippen LogP contribution in [0.1, 0.15) is 29.8 Å². The Kier molecular flexibility index (Phi) is 5.91. The van der Waals surface area contributed by atoms with Gasteiger partial charge in [0.05, 0.1) is 24.1 Å². The van der Waals surface area contributed by atoms with Crippen LogP contribution in [-0.4, -0.2) is 31.3 Å². The number of thiazole rings is 1. The molecule has 0 saturated heterocycles. The van der Waals surface area contributed by atoms with E-state index in [0.29, 0.717) is 27.9 Å². The first-order valence-electron chi connectivity index (χ1n) is 12.3. The van der Waals surface area contributed by atoms with E-state index >= 15 is 0 Å². The van der Waals surface area contributed by atoms with Crippen molar-refractivity contribution >= 4 is 33.0 Å². The first-order chi connectivity index (χ1) is 18.8. The Bertz CT molecular complexity index is 1960. The molecule has 0 bridgehead atoms. The molecule has 1 atom stereocenters. The smallest absolute Gasteiger partial charge is 0.264 e. The van der Waals surface area contributed by atoms with Crippen molar-refractivity contribution in [2.45, 2.75) is 26.8 Å². The zero-order valence-corrected chi connectivity index (χ0v) is 22.6. The maximum atomic E-state index is 14.7. The van der Waals surface area contributed by atoms with Crippen LogP contribution in [0.4, 0.5) is 10.2 Å². The van der Waals surface area contributed by atoms with Crippen LogP contribution in [0.5, 0.6) is 5.75 Å². The van der Waals surface area contributed by atoms with Crippen LogP contribution in [0.15, 0.2) is 65.0 Å². The second-order valence-corrected chi connectivity index (χ2v) is 10.4. The molecule has 8 nitrogen and oxygen atoms in total. The van der Waals surface area contributed by atoms with E-state index in [-0.39, 0.29) is 17.1 Å². The number of nitrogen functional groups attached to an aromatic ring is 1. The van der Waals surface area contributed by atoms with Crippen molar-refractivity contribution < 1.29 is 9.13 Å². The molecule has 0 spiro atoms. The molecule has 196 valence electrons. The van der Waals surface area contributed by atoms with Gasteiger partial charge in [0.2, 0.25) is 0 Å². The summed E-state index contributed by atoms with van der Waals surface area (Å²) in [6, 6.07) is 14.1. The zero-order chi connectivity index (χ0) is 27.4. The maximum Gasteiger partial charge on any atom is 0.264 e. The molecular weight excluding hydrogens is 515 g/mol. The lowest BCUT2D eigenvalue weighted by Crippen LogP contribution is -2.21. The average Bonchev–Trinajstić information content (AvgIpc) is 3.50. The fourth-order valence-corrected chi connectivity index (χ4v) is 5.98. The number of ether oxygens (including phenoxy) is 1. The first kappa shape index (κ1) is 24.7. The van der Waals surface area contributed by atoms with E-state index in [1.807, 2.05) is 56.5 Å². The Morgan fingerprint density at radius 3 is 2.64 bits per heavy atom. The van der Waals surface area contributed by atoms with Gasteiger partial charge in [0, 0.05) is 16.6 Å². The molecular formula is C29H25FN6O2S. The molecule has 0 saturated carbocycles. The number of pyridine rings is 1.